The average Bonchev–Trinajstić information content (AvgIpc) is 3.16. The van der Waals surface area contributed by atoms with Crippen LogP contribution in [0.4, 0.5) is 10.3 Å². The maximum Gasteiger partial charge on any atom is 0.231 e. The smallest absolute Gasteiger partial charge is 0.231 e. The number of rotatable bonds is 8. The van der Waals surface area contributed by atoms with Gasteiger partial charge in [-0.15, -0.1) is 0 Å². The lowest BCUT2D eigenvalue weighted by atomic mass is 9.97. The predicted molar refractivity (Wildman–Crippen MR) is 135 cm³/mol. The van der Waals surface area contributed by atoms with E-state index in [0.29, 0.717) is 29.5 Å². The van der Waals surface area contributed by atoms with Gasteiger partial charge in [-0.1, -0.05) is 20.8 Å². The summed E-state index contributed by atoms with van der Waals surface area (Å²) in [5, 5.41) is 3.30. The molecule has 4 aromatic rings. The Hall–Kier alpha value is -3.85. The molecular weight excluding hydrogens is 445 g/mol. The minimum atomic E-state index is -0.380. The number of hydrogen-bond acceptors (Lipinski definition) is 6. The van der Waals surface area contributed by atoms with Crippen LogP contribution in [0, 0.1) is 11.2 Å². The number of nitrogens with one attached hydrogen (secondary N) is 1. The highest BCUT2D eigenvalue weighted by molar-refractivity contribution is 5.81. The Morgan fingerprint density at radius 1 is 1.14 bits per heavy atom. The summed E-state index contributed by atoms with van der Waals surface area (Å²) < 4.78 is 15.6. The van der Waals surface area contributed by atoms with Gasteiger partial charge in [0.15, 0.2) is 0 Å². The Labute approximate surface area is 204 Å². The second kappa shape index (κ2) is 9.79. The number of carbonyl (C=O) groups excluding carboxylic acids is 1. The number of carbonyl (C=O) groups is 1. The third kappa shape index (κ3) is 5.99. The second-order valence-electron chi connectivity index (χ2n) is 9.90. The predicted octanol–water partition coefficient (Wildman–Crippen LogP) is 3.97. The molecule has 0 fully saturated rings. The summed E-state index contributed by atoms with van der Waals surface area (Å²) in [6.45, 7) is 7.84. The number of benzene rings is 1. The first-order valence-corrected chi connectivity index (χ1v) is 11.4. The number of nitrogens with two attached hydrogens (primary N) is 1. The molecule has 1 amide bonds. The van der Waals surface area contributed by atoms with Gasteiger partial charge in [0, 0.05) is 31.0 Å². The molecule has 3 N–H and O–H groups in total. The summed E-state index contributed by atoms with van der Waals surface area (Å²) in [6, 6.07) is 12.0. The number of primary amides is 1. The Bertz CT molecular complexity index is 1340. The van der Waals surface area contributed by atoms with Gasteiger partial charge in [0.25, 0.3) is 0 Å². The molecule has 0 aliphatic rings. The van der Waals surface area contributed by atoms with E-state index in [0.717, 1.165) is 23.4 Å². The van der Waals surface area contributed by atoms with Crippen LogP contribution in [0.15, 0.2) is 54.9 Å². The van der Waals surface area contributed by atoms with Crippen molar-refractivity contribution in [3.8, 4) is 22.6 Å². The third-order valence-corrected chi connectivity index (χ3v) is 5.36. The number of amides is 1. The molecule has 9 heteroatoms. The van der Waals surface area contributed by atoms with Gasteiger partial charge in [-0.3, -0.25) is 14.1 Å². The van der Waals surface area contributed by atoms with E-state index in [1.165, 1.54) is 12.1 Å². The van der Waals surface area contributed by atoms with Crippen LogP contribution in [0.5, 0.6) is 0 Å². The van der Waals surface area contributed by atoms with E-state index in [1.54, 1.807) is 18.3 Å². The molecule has 182 valence electrons. The zero-order valence-corrected chi connectivity index (χ0v) is 20.4. The van der Waals surface area contributed by atoms with Gasteiger partial charge >= 0.3 is 0 Å². The van der Waals surface area contributed by atoms with E-state index in [-0.39, 0.29) is 23.7 Å². The fourth-order valence-electron chi connectivity index (χ4n) is 3.79. The molecule has 3 aromatic heterocycles. The minimum absolute atomic E-state index is 0.0695. The Morgan fingerprint density at radius 3 is 2.57 bits per heavy atom. The van der Waals surface area contributed by atoms with Crippen molar-refractivity contribution in [3.05, 3.63) is 66.2 Å². The van der Waals surface area contributed by atoms with Crippen LogP contribution < -0.4 is 11.1 Å². The largest absolute Gasteiger partial charge is 0.369 e. The highest BCUT2D eigenvalue weighted by Crippen LogP contribution is 2.32. The standard InChI is InChI=1S/C26H30FN7O/c1-26(2,3)16-30-25-29-11-9-20(31-25)24-23(18-5-7-19(27)8-6-18)32-22-13-17(10-12-34(22)24)14-33(4)15-21(28)35/h5-13H,14-16H2,1-4H3,(H2,28,35)(H,29,30,31). The normalized spacial score (nSPS) is 11.8. The van der Waals surface area contributed by atoms with Crippen LogP contribution in [0.25, 0.3) is 28.3 Å². The first kappa shape index (κ1) is 24.3. The molecule has 4 rings (SSSR count). The van der Waals surface area contributed by atoms with E-state index in [4.69, 9.17) is 15.7 Å². The zero-order chi connectivity index (χ0) is 25.2. The molecule has 0 spiro atoms. The summed E-state index contributed by atoms with van der Waals surface area (Å²) in [5.41, 5.74) is 10.0. The number of nitrogens with zero attached hydrogens (tertiary/aromatic N) is 5. The third-order valence-electron chi connectivity index (χ3n) is 5.36. The highest BCUT2D eigenvalue weighted by atomic mass is 19.1. The molecular formula is C26H30FN7O. The van der Waals surface area contributed by atoms with Gasteiger partial charge in [0.2, 0.25) is 11.9 Å². The monoisotopic (exact) mass is 475 g/mol. The van der Waals surface area contributed by atoms with Gasteiger partial charge < -0.3 is 11.1 Å². The van der Waals surface area contributed by atoms with Crippen molar-refractivity contribution < 1.29 is 9.18 Å². The molecule has 0 saturated carbocycles. The van der Waals surface area contributed by atoms with Crippen LogP contribution in [0.3, 0.4) is 0 Å². The van der Waals surface area contributed by atoms with Crippen molar-refractivity contribution in [2.45, 2.75) is 27.3 Å². The minimum Gasteiger partial charge on any atom is -0.369 e. The topological polar surface area (TPSA) is 101 Å². The molecule has 0 saturated heterocycles. The molecule has 3 heterocycles. The summed E-state index contributed by atoms with van der Waals surface area (Å²) >= 11 is 0. The van der Waals surface area contributed by atoms with E-state index in [2.05, 4.69) is 31.1 Å². The van der Waals surface area contributed by atoms with E-state index in [9.17, 15) is 9.18 Å². The van der Waals surface area contributed by atoms with Crippen LogP contribution >= 0.6 is 0 Å². The van der Waals surface area contributed by atoms with Crippen molar-refractivity contribution >= 4 is 17.5 Å². The average molecular weight is 476 g/mol. The molecule has 1 aromatic carbocycles. The number of imidazole rings is 1. The molecule has 0 atom stereocenters. The van der Waals surface area contributed by atoms with E-state index >= 15 is 0 Å². The summed E-state index contributed by atoms with van der Waals surface area (Å²) in [6.07, 6.45) is 3.65. The van der Waals surface area contributed by atoms with Crippen molar-refractivity contribution in [2.24, 2.45) is 11.1 Å². The number of halogens is 1. The number of pyridine rings is 1. The van der Waals surface area contributed by atoms with Crippen molar-refractivity contribution in [2.75, 3.05) is 25.5 Å². The number of aromatic nitrogens is 4. The van der Waals surface area contributed by atoms with Crippen molar-refractivity contribution in [3.63, 3.8) is 0 Å². The van der Waals surface area contributed by atoms with Crippen LogP contribution in [0.1, 0.15) is 26.3 Å². The number of fused-ring (bicyclic) bond motifs is 1. The van der Waals surface area contributed by atoms with Crippen molar-refractivity contribution in [1.82, 2.24) is 24.3 Å². The maximum absolute atomic E-state index is 13.6. The molecule has 0 aliphatic heterocycles. The number of likely N-dealkylation sites (N-methyl/N-ethyl adjacent to an activating group) is 1. The Kier molecular flexibility index (Phi) is 6.79. The van der Waals surface area contributed by atoms with Gasteiger partial charge in [-0.05, 0) is 60.5 Å². The lowest BCUT2D eigenvalue weighted by Gasteiger charge is -2.18. The van der Waals surface area contributed by atoms with Crippen LogP contribution in [-0.2, 0) is 11.3 Å². The first-order valence-electron chi connectivity index (χ1n) is 11.4. The number of hydrogen-bond donors (Lipinski definition) is 2. The van der Waals surface area contributed by atoms with E-state index in [1.807, 2.05) is 40.7 Å². The van der Waals surface area contributed by atoms with Crippen LogP contribution in [0.2, 0.25) is 0 Å². The fraction of sp³-hybridized carbons (Fsp3) is 0.308. The highest BCUT2D eigenvalue weighted by Gasteiger charge is 2.19. The van der Waals surface area contributed by atoms with Crippen molar-refractivity contribution in [1.29, 1.82) is 0 Å². The molecule has 8 nitrogen and oxygen atoms in total. The molecule has 0 radical (unpaired) electrons. The lowest BCUT2D eigenvalue weighted by molar-refractivity contribution is -0.118. The Morgan fingerprint density at radius 2 is 1.89 bits per heavy atom. The van der Waals surface area contributed by atoms with E-state index < -0.39 is 0 Å². The molecule has 0 bridgehead atoms. The maximum atomic E-state index is 13.6. The zero-order valence-electron chi connectivity index (χ0n) is 20.4. The summed E-state index contributed by atoms with van der Waals surface area (Å²) in [7, 11) is 1.84. The SMILES string of the molecule is CN(CC(N)=O)Cc1ccn2c(-c3ccnc(NCC(C)(C)C)n3)c(-c3ccc(F)cc3)nc2c1. The quantitative estimate of drug-likeness (QED) is 0.400. The summed E-state index contributed by atoms with van der Waals surface area (Å²) in [5.74, 6) is -0.161. The number of anilines is 1. The Balaban J connectivity index is 1.79. The lowest BCUT2D eigenvalue weighted by Crippen LogP contribution is -2.30. The second-order valence-corrected chi connectivity index (χ2v) is 9.90. The fourth-order valence-corrected chi connectivity index (χ4v) is 3.79. The molecule has 0 unspecified atom stereocenters. The van der Waals surface area contributed by atoms with Gasteiger partial charge in [-0.25, -0.2) is 19.3 Å². The van der Waals surface area contributed by atoms with Gasteiger partial charge in [0.05, 0.1) is 23.6 Å². The van der Waals surface area contributed by atoms with Crippen LogP contribution in [-0.4, -0.2) is 50.3 Å². The van der Waals surface area contributed by atoms with Gasteiger partial charge in [0.1, 0.15) is 11.5 Å². The first-order chi connectivity index (χ1) is 16.6. The summed E-state index contributed by atoms with van der Waals surface area (Å²) in [4.78, 5) is 27.1. The molecule has 35 heavy (non-hydrogen) atoms. The van der Waals surface area contributed by atoms with Gasteiger partial charge in [-0.2, -0.15) is 0 Å². The molecule has 0 aliphatic carbocycles.